The third-order valence-corrected chi connectivity index (χ3v) is 2.46. The van der Waals surface area contributed by atoms with Gasteiger partial charge in [-0.2, -0.15) is 0 Å². The topological polar surface area (TPSA) is 87.7 Å². The van der Waals surface area contributed by atoms with Gasteiger partial charge in [-0.1, -0.05) is 0 Å². The number of carboxylic acids is 1. The predicted molar refractivity (Wildman–Crippen MR) is 57.0 cm³/mol. The van der Waals surface area contributed by atoms with Crippen LogP contribution in [0.25, 0.3) is 0 Å². The normalized spacial score (nSPS) is 16.8. The van der Waals surface area contributed by atoms with E-state index in [0.29, 0.717) is 0 Å². The van der Waals surface area contributed by atoms with Crippen LogP contribution in [0, 0.1) is 5.92 Å². The molecule has 6 heteroatoms. The van der Waals surface area contributed by atoms with Crippen LogP contribution in [0.3, 0.4) is 0 Å². The van der Waals surface area contributed by atoms with Crippen LogP contribution < -0.4 is 10.6 Å². The molecule has 0 radical (unpaired) electrons. The molecule has 0 saturated heterocycles. The largest absolute Gasteiger partial charge is 0.479 e. The Kier molecular flexibility index (Phi) is 5.21. The molecule has 1 aliphatic rings. The van der Waals surface area contributed by atoms with Gasteiger partial charge in [-0.3, -0.25) is 4.79 Å². The number of carbonyl (C=O) groups excluding carboxylic acids is 1. The zero-order valence-electron chi connectivity index (χ0n) is 9.36. The van der Waals surface area contributed by atoms with E-state index in [-0.39, 0.29) is 19.0 Å². The summed E-state index contributed by atoms with van der Waals surface area (Å²) in [5.74, 6) is -0.559. The molecule has 1 aliphatic carbocycles. The van der Waals surface area contributed by atoms with Crippen LogP contribution in [0.5, 0.6) is 0 Å². The van der Waals surface area contributed by atoms with Crippen LogP contribution >= 0.6 is 0 Å². The first-order valence-corrected chi connectivity index (χ1v) is 5.36. The van der Waals surface area contributed by atoms with E-state index in [4.69, 9.17) is 5.11 Å². The van der Waals surface area contributed by atoms with Gasteiger partial charge in [-0.05, 0) is 25.3 Å². The van der Waals surface area contributed by atoms with Crippen LogP contribution in [-0.2, 0) is 14.3 Å². The van der Waals surface area contributed by atoms with Gasteiger partial charge < -0.3 is 20.5 Å². The van der Waals surface area contributed by atoms with Gasteiger partial charge in [0.05, 0.1) is 13.1 Å². The van der Waals surface area contributed by atoms with Crippen molar-refractivity contribution in [3.63, 3.8) is 0 Å². The maximum Gasteiger partial charge on any atom is 0.334 e. The summed E-state index contributed by atoms with van der Waals surface area (Å²) < 4.78 is 4.68. The zero-order valence-corrected chi connectivity index (χ0v) is 9.36. The molecule has 0 bridgehead atoms. The molecule has 0 aromatic heterocycles. The summed E-state index contributed by atoms with van der Waals surface area (Å²) in [6, 6.07) is 0. The van der Waals surface area contributed by atoms with Crippen LogP contribution in [0.4, 0.5) is 0 Å². The highest BCUT2D eigenvalue weighted by Gasteiger charge is 2.21. The first-order valence-electron chi connectivity index (χ1n) is 5.36. The highest BCUT2D eigenvalue weighted by atomic mass is 16.5. The Labute approximate surface area is 94.3 Å². The van der Waals surface area contributed by atoms with Crippen LogP contribution in [0.15, 0.2) is 0 Å². The highest BCUT2D eigenvalue weighted by molar-refractivity contribution is 5.79. The summed E-state index contributed by atoms with van der Waals surface area (Å²) in [4.78, 5) is 21.8. The van der Waals surface area contributed by atoms with Crippen molar-refractivity contribution in [1.82, 2.24) is 10.6 Å². The minimum Gasteiger partial charge on any atom is -0.479 e. The van der Waals surface area contributed by atoms with Crippen molar-refractivity contribution in [2.45, 2.75) is 18.9 Å². The number of amides is 1. The van der Waals surface area contributed by atoms with E-state index in [0.717, 1.165) is 12.5 Å². The molecular formula is C10H18N2O4. The molecular weight excluding hydrogens is 212 g/mol. The van der Waals surface area contributed by atoms with Crippen molar-refractivity contribution in [3.05, 3.63) is 0 Å². The van der Waals surface area contributed by atoms with E-state index in [9.17, 15) is 9.59 Å². The molecule has 1 fully saturated rings. The summed E-state index contributed by atoms with van der Waals surface area (Å²) >= 11 is 0. The molecule has 1 unspecified atom stereocenters. The number of carboxylic acid groups (broad SMARTS) is 1. The van der Waals surface area contributed by atoms with E-state index in [1.807, 2.05) is 0 Å². The second kappa shape index (κ2) is 6.44. The Hall–Kier alpha value is -1.14. The molecule has 0 heterocycles. The second-order valence-corrected chi connectivity index (χ2v) is 3.94. The van der Waals surface area contributed by atoms with Gasteiger partial charge in [0.25, 0.3) is 0 Å². The number of nitrogens with one attached hydrogen (secondary N) is 2. The number of aliphatic carboxylic acids is 1. The molecule has 1 atom stereocenters. The number of carbonyl (C=O) groups is 2. The van der Waals surface area contributed by atoms with Gasteiger partial charge >= 0.3 is 5.97 Å². The number of methoxy groups -OCH3 is 1. The van der Waals surface area contributed by atoms with Crippen molar-refractivity contribution >= 4 is 11.9 Å². The first-order chi connectivity index (χ1) is 7.63. The molecule has 0 aromatic carbocycles. The summed E-state index contributed by atoms with van der Waals surface area (Å²) in [7, 11) is 1.30. The van der Waals surface area contributed by atoms with Crippen molar-refractivity contribution in [2.75, 3.05) is 26.7 Å². The fourth-order valence-corrected chi connectivity index (χ4v) is 1.25. The molecule has 3 N–H and O–H groups in total. The van der Waals surface area contributed by atoms with E-state index < -0.39 is 12.1 Å². The summed E-state index contributed by atoms with van der Waals surface area (Å²) in [5, 5.41) is 14.2. The monoisotopic (exact) mass is 230 g/mol. The smallest absolute Gasteiger partial charge is 0.334 e. The molecule has 1 amide bonds. The lowest BCUT2D eigenvalue weighted by Gasteiger charge is -2.11. The fraction of sp³-hybridized carbons (Fsp3) is 0.800. The van der Waals surface area contributed by atoms with Crippen molar-refractivity contribution in [2.24, 2.45) is 5.92 Å². The SMILES string of the molecule is COC(CNC(=O)CNCC1CC1)C(=O)O. The molecule has 0 aromatic rings. The molecule has 1 rings (SSSR count). The van der Waals surface area contributed by atoms with Crippen molar-refractivity contribution in [3.8, 4) is 0 Å². The van der Waals surface area contributed by atoms with E-state index in [1.54, 1.807) is 0 Å². The fourth-order valence-electron chi connectivity index (χ4n) is 1.25. The first kappa shape index (κ1) is 12.9. The predicted octanol–water partition coefficient (Wildman–Crippen LogP) is -0.798. The highest BCUT2D eigenvalue weighted by Crippen LogP contribution is 2.27. The van der Waals surface area contributed by atoms with E-state index in [1.165, 1.54) is 20.0 Å². The second-order valence-electron chi connectivity index (χ2n) is 3.94. The molecule has 6 nitrogen and oxygen atoms in total. The Balaban J connectivity index is 2.05. The Morgan fingerprint density at radius 3 is 2.69 bits per heavy atom. The van der Waals surface area contributed by atoms with Gasteiger partial charge in [0, 0.05) is 7.11 Å². The zero-order chi connectivity index (χ0) is 12.0. The molecule has 16 heavy (non-hydrogen) atoms. The number of rotatable bonds is 8. The lowest BCUT2D eigenvalue weighted by molar-refractivity contribution is -0.148. The lowest BCUT2D eigenvalue weighted by atomic mass is 10.3. The summed E-state index contributed by atoms with van der Waals surface area (Å²) in [5.41, 5.74) is 0. The van der Waals surface area contributed by atoms with Crippen LogP contribution in [0.1, 0.15) is 12.8 Å². The maximum atomic E-state index is 11.3. The Morgan fingerprint density at radius 2 is 2.19 bits per heavy atom. The van der Waals surface area contributed by atoms with Crippen LogP contribution in [0.2, 0.25) is 0 Å². The maximum absolute atomic E-state index is 11.3. The average Bonchev–Trinajstić information content (AvgIpc) is 3.02. The summed E-state index contributed by atoms with van der Waals surface area (Å²) in [6.45, 7) is 1.09. The third-order valence-electron chi connectivity index (χ3n) is 2.46. The van der Waals surface area contributed by atoms with E-state index >= 15 is 0 Å². The minimum atomic E-state index is -1.08. The number of hydrogen-bond donors (Lipinski definition) is 3. The minimum absolute atomic E-state index is 0.00419. The van der Waals surface area contributed by atoms with Gasteiger partial charge in [-0.15, -0.1) is 0 Å². The number of hydrogen-bond acceptors (Lipinski definition) is 4. The molecule has 0 spiro atoms. The van der Waals surface area contributed by atoms with Gasteiger partial charge in [0.15, 0.2) is 6.10 Å². The van der Waals surface area contributed by atoms with Crippen LogP contribution in [-0.4, -0.2) is 49.8 Å². The van der Waals surface area contributed by atoms with Crippen molar-refractivity contribution < 1.29 is 19.4 Å². The third kappa shape index (κ3) is 5.09. The van der Waals surface area contributed by atoms with Gasteiger partial charge in [0.1, 0.15) is 0 Å². The molecule has 0 aliphatic heterocycles. The molecule has 92 valence electrons. The average molecular weight is 230 g/mol. The standard InChI is InChI=1S/C10H18N2O4/c1-16-8(10(14)15)5-12-9(13)6-11-4-7-2-3-7/h7-8,11H,2-6H2,1H3,(H,12,13)(H,14,15). The lowest BCUT2D eigenvalue weighted by Crippen LogP contribution is -2.41. The Bertz CT molecular complexity index is 253. The Morgan fingerprint density at radius 1 is 1.50 bits per heavy atom. The summed E-state index contributed by atoms with van der Waals surface area (Å²) in [6.07, 6.45) is 1.49. The molecule has 1 saturated carbocycles. The number of ether oxygens (including phenoxy) is 1. The van der Waals surface area contributed by atoms with Gasteiger partial charge in [0.2, 0.25) is 5.91 Å². The quantitative estimate of drug-likeness (QED) is 0.508. The van der Waals surface area contributed by atoms with E-state index in [2.05, 4.69) is 15.4 Å². The van der Waals surface area contributed by atoms with Crippen molar-refractivity contribution in [1.29, 1.82) is 0 Å². The van der Waals surface area contributed by atoms with Gasteiger partial charge in [-0.25, -0.2) is 4.79 Å².